The summed E-state index contributed by atoms with van der Waals surface area (Å²) < 4.78 is 27.0. The van der Waals surface area contributed by atoms with E-state index in [-0.39, 0.29) is 6.04 Å². The molecule has 1 aromatic carbocycles. The van der Waals surface area contributed by atoms with Gasteiger partial charge in [-0.2, -0.15) is 11.3 Å². The molecule has 0 bridgehead atoms. The molecule has 1 unspecified atom stereocenters. The third kappa shape index (κ3) is 2.96. The summed E-state index contributed by atoms with van der Waals surface area (Å²) in [6.45, 7) is 0. The van der Waals surface area contributed by atoms with Crippen LogP contribution in [0.5, 0.6) is 0 Å². The molecule has 2 rings (SSSR count). The lowest BCUT2D eigenvalue weighted by Gasteiger charge is -2.16. The number of nitrogens with one attached hydrogen (secondary N) is 1. The fraction of sp³-hybridized carbons (Fsp3) is 0.231. The molecule has 0 saturated heterocycles. The first-order chi connectivity index (χ1) is 8.61. The van der Waals surface area contributed by atoms with Crippen LogP contribution in [0.15, 0.2) is 33.4 Å². The lowest BCUT2D eigenvalue weighted by atomic mass is 10.0. The number of likely N-dealkylation sites (N-methyl/N-ethyl adjacent to an activating group) is 1. The highest BCUT2D eigenvalue weighted by molar-refractivity contribution is 9.10. The molecule has 0 saturated carbocycles. The van der Waals surface area contributed by atoms with Gasteiger partial charge in [-0.15, -0.1) is 0 Å². The Morgan fingerprint density at radius 3 is 2.61 bits per heavy atom. The highest BCUT2D eigenvalue weighted by Crippen LogP contribution is 2.29. The number of hydrogen-bond acceptors (Lipinski definition) is 2. The molecule has 1 N–H and O–H groups in total. The molecule has 1 heterocycles. The predicted octanol–water partition coefficient (Wildman–Crippen LogP) is 4.29. The summed E-state index contributed by atoms with van der Waals surface area (Å²) >= 11 is 5.09. The van der Waals surface area contributed by atoms with Crippen molar-refractivity contribution in [3.8, 4) is 0 Å². The van der Waals surface area contributed by atoms with Crippen molar-refractivity contribution in [2.45, 2.75) is 12.5 Å². The second-order valence-electron chi connectivity index (χ2n) is 3.97. The van der Waals surface area contributed by atoms with Gasteiger partial charge in [-0.3, -0.25) is 0 Å². The molecule has 0 fully saturated rings. The lowest BCUT2D eigenvalue weighted by molar-refractivity contribution is 0.504. The molecular formula is C13H12BrF2NS. The van der Waals surface area contributed by atoms with Crippen LogP contribution in [0.2, 0.25) is 0 Å². The van der Waals surface area contributed by atoms with Crippen molar-refractivity contribution in [1.82, 2.24) is 5.32 Å². The third-order valence-electron chi connectivity index (χ3n) is 2.79. The first kappa shape index (κ1) is 13.6. The van der Waals surface area contributed by atoms with Gasteiger partial charge in [0.25, 0.3) is 0 Å². The second-order valence-corrected chi connectivity index (χ2v) is 5.57. The normalized spacial score (nSPS) is 12.7. The standard InChI is InChI=1S/C13H12BrF2NS/c1-17-13(9-6-18-7-10(9)14)5-8-2-3-11(15)12(16)4-8/h2-4,6-7,13,17H,5H2,1H3. The maximum Gasteiger partial charge on any atom is 0.159 e. The van der Waals surface area contributed by atoms with E-state index >= 15 is 0 Å². The Morgan fingerprint density at radius 2 is 2.06 bits per heavy atom. The van der Waals surface area contributed by atoms with Crippen LogP contribution in [0.25, 0.3) is 0 Å². The number of rotatable bonds is 4. The van der Waals surface area contributed by atoms with E-state index in [1.54, 1.807) is 17.4 Å². The van der Waals surface area contributed by atoms with Gasteiger partial charge in [0.05, 0.1) is 0 Å². The Kier molecular flexibility index (Phi) is 4.48. The first-order valence-corrected chi connectivity index (χ1v) is 7.18. The van der Waals surface area contributed by atoms with E-state index in [4.69, 9.17) is 0 Å². The van der Waals surface area contributed by atoms with Gasteiger partial charge in [0.1, 0.15) is 0 Å². The van der Waals surface area contributed by atoms with Crippen LogP contribution >= 0.6 is 27.3 Å². The molecule has 96 valence electrons. The summed E-state index contributed by atoms with van der Waals surface area (Å²) in [5.41, 5.74) is 1.90. The SMILES string of the molecule is CNC(Cc1ccc(F)c(F)c1)c1cscc1Br. The van der Waals surface area contributed by atoms with Crippen LogP contribution in [0, 0.1) is 11.6 Å². The zero-order valence-corrected chi connectivity index (χ0v) is 12.1. The quantitative estimate of drug-likeness (QED) is 0.881. The maximum atomic E-state index is 13.2. The van der Waals surface area contributed by atoms with E-state index in [9.17, 15) is 8.78 Å². The largest absolute Gasteiger partial charge is 0.313 e. The van der Waals surface area contributed by atoms with Gasteiger partial charge in [0, 0.05) is 15.9 Å². The average molecular weight is 332 g/mol. The van der Waals surface area contributed by atoms with Gasteiger partial charge in [-0.05, 0) is 58.0 Å². The Bertz CT molecular complexity index is 542. The molecule has 0 aliphatic rings. The topological polar surface area (TPSA) is 12.0 Å². The molecular weight excluding hydrogens is 320 g/mol. The van der Waals surface area contributed by atoms with E-state index in [0.717, 1.165) is 15.6 Å². The smallest absolute Gasteiger partial charge is 0.159 e. The first-order valence-electron chi connectivity index (χ1n) is 5.44. The van der Waals surface area contributed by atoms with Crippen molar-refractivity contribution >= 4 is 27.3 Å². The number of thiophene rings is 1. The van der Waals surface area contributed by atoms with Gasteiger partial charge >= 0.3 is 0 Å². The zero-order valence-electron chi connectivity index (χ0n) is 9.71. The Balaban J connectivity index is 2.20. The van der Waals surface area contributed by atoms with Crippen LogP contribution < -0.4 is 5.32 Å². The van der Waals surface area contributed by atoms with Crippen LogP contribution in [-0.2, 0) is 6.42 Å². The summed E-state index contributed by atoms with van der Waals surface area (Å²) in [5.74, 6) is -1.61. The van der Waals surface area contributed by atoms with Crippen molar-refractivity contribution in [2.24, 2.45) is 0 Å². The van der Waals surface area contributed by atoms with Crippen molar-refractivity contribution in [2.75, 3.05) is 7.05 Å². The van der Waals surface area contributed by atoms with Gasteiger partial charge in [-0.25, -0.2) is 8.78 Å². The van der Waals surface area contributed by atoms with Gasteiger partial charge in [0.2, 0.25) is 0 Å². The molecule has 0 amide bonds. The third-order valence-corrected chi connectivity index (χ3v) is 4.54. The second kappa shape index (κ2) is 5.91. The molecule has 0 aliphatic carbocycles. The fourth-order valence-electron chi connectivity index (χ4n) is 1.81. The highest BCUT2D eigenvalue weighted by atomic mass is 79.9. The van der Waals surface area contributed by atoms with Crippen LogP contribution in [0.3, 0.4) is 0 Å². The molecule has 18 heavy (non-hydrogen) atoms. The molecule has 2 aromatic rings. The zero-order chi connectivity index (χ0) is 13.1. The fourth-order valence-corrected chi connectivity index (χ4v) is 3.44. The molecule has 0 radical (unpaired) electrons. The van der Waals surface area contributed by atoms with E-state index < -0.39 is 11.6 Å². The van der Waals surface area contributed by atoms with Gasteiger partial charge < -0.3 is 5.32 Å². The van der Waals surface area contributed by atoms with Gasteiger partial charge in [-0.1, -0.05) is 6.07 Å². The van der Waals surface area contributed by atoms with E-state index in [2.05, 4.69) is 21.2 Å². The van der Waals surface area contributed by atoms with Crippen LogP contribution in [0.4, 0.5) is 8.78 Å². The van der Waals surface area contributed by atoms with Crippen molar-refractivity contribution in [1.29, 1.82) is 0 Å². The summed E-state index contributed by atoms with van der Waals surface area (Å²) in [5, 5.41) is 7.24. The lowest BCUT2D eigenvalue weighted by Crippen LogP contribution is -2.18. The van der Waals surface area contributed by atoms with Crippen molar-refractivity contribution in [3.63, 3.8) is 0 Å². The minimum Gasteiger partial charge on any atom is -0.313 e. The maximum absolute atomic E-state index is 13.2. The Hall–Kier alpha value is -0.780. The minimum atomic E-state index is -0.809. The molecule has 0 spiro atoms. The Morgan fingerprint density at radius 1 is 1.28 bits per heavy atom. The Labute approximate surface area is 117 Å². The summed E-state index contributed by atoms with van der Waals surface area (Å²) in [6.07, 6.45) is 0.614. The van der Waals surface area contributed by atoms with Gasteiger partial charge in [0.15, 0.2) is 11.6 Å². The van der Waals surface area contributed by atoms with Crippen LogP contribution in [0.1, 0.15) is 17.2 Å². The number of halogens is 3. The number of hydrogen-bond donors (Lipinski definition) is 1. The predicted molar refractivity (Wildman–Crippen MR) is 73.9 cm³/mol. The van der Waals surface area contributed by atoms with Crippen molar-refractivity contribution in [3.05, 3.63) is 56.2 Å². The monoisotopic (exact) mass is 331 g/mol. The van der Waals surface area contributed by atoms with E-state index in [1.807, 2.05) is 17.8 Å². The molecule has 1 nitrogen and oxygen atoms in total. The summed E-state index contributed by atoms with van der Waals surface area (Å²) in [4.78, 5) is 0. The molecule has 0 aliphatic heterocycles. The number of benzene rings is 1. The van der Waals surface area contributed by atoms with E-state index in [0.29, 0.717) is 6.42 Å². The van der Waals surface area contributed by atoms with Crippen LogP contribution in [-0.4, -0.2) is 7.05 Å². The summed E-state index contributed by atoms with van der Waals surface area (Å²) in [7, 11) is 1.86. The van der Waals surface area contributed by atoms with Crippen molar-refractivity contribution < 1.29 is 8.78 Å². The minimum absolute atomic E-state index is 0.0792. The summed E-state index contributed by atoms with van der Waals surface area (Å²) in [6, 6.07) is 4.11. The highest BCUT2D eigenvalue weighted by Gasteiger charge is 2.15. The molecule has 1 aromatic heterocycles. The molecule has 5 heteroatoms. The molecule has 1 atom stereocenters. The van der Waals surface area contributed by atoms with E-state index in [1.165, 1.54) is 12.1 Å². The average Bonchev–Trinajstić information content (AvgIpc) is 2.77.